The molecule has 0 aromatic heterocycles. The molecule has 1 saturated carbocycles. The lowest BCUT2D eigenvalue weighted by Gasteiger charge is -2.52. The zero-order valence-corrected chi connectivity index (χ0v) is 12.9. The maximum absolute atomic E-state index is 12.6. The van der Waals surface area contributed by atoms with Crippen LogP contribution in [0.25, 0.3) is 0 Å². The summed E-state index contributed by atoms with van der Waals surface area (Å²) in [6, 6.07) is 8.32. The highest BCUT2D eigenvalue weighted by Crippen LogP contribution is 2.57. The van der Waals surface area contributed by atoms with Crippen LogP contribution >= 0.6 is 0 Å². The van der Waals surface area contributed by atoms with Crippen molar-refractivity contribution in [2.24, 2.45) is 11.3 Å². The molecule has 1 aromatic rings. The molecule has 0 aliphatic heterocycles. The summed E-state index contributed by atoms with van der Waals surface area (Å²) in [5.74, 6) is 0.981. The normalized spacial score (nSPS) is 34.6. The van der Waals surface area contributed by atoms with Crippen LogP contribution in [0.15, 0.2) is 18.2 Å². The molecule has 1 aromatic carbocycles. The lowest BCUT2D eigenvalue weighted by molar-refractivity contribution is 0.0555. The van der Waals surface area contributed by atoms with Gasteiger partial charge >= 0.3 is 0 Å². The van der Waals surface area contributed by atoms with Gasteiger partial charge in [-0.1, -0.05) is 19.4 Å². The van der Waals surface area contributed by atoms with Crippen molar-refractivity contribution in [2.75, 3.05) is 7.11 Å². The first kappa shape index (κ1) is 14.1. The smallest absolute Gasteiger partial charge is 0.163 e. The number of carbonyl (C=O) groups is 1. The molecular formula is C18H21NO2. The molecule has 2 aliphatic rings. The monoisotopic (exact) mass is 283 g/mol. The average molecular weight is 283 g/mol. The fourth-order valence-corrected chi connectivity index (χ4v) is 4.46. The Morgan fingerprint density at radius 3 is 2.76 bits per heavy atom. The second-order valence-corrected chi connectivity index (χ2v) is 6.89. The van der Waals surface area contributed by atoms with Gasteiger partial charge in [0.1, 0.15) is 5.75 Å². The summed E-state index contributed by atoms with van der Waals surface area (Å²) in [7, 11) is 1.62. The van der Waals surface area contributed by atoms with Crippen LogP contribution in [0.2, 0.25) is 0 Å². The summed E-state index contributed by atoms with van der Waals surface area (Å²) in [4.78, 5) is 12.6. The van der Waals surface area contributed by atoms with E-state index in [9.17, 15) is 10.1 Å². The topological polar surface area (TPSA) is 50.1 Å². The lowest BCUT2D eigenvalue weighted by atomic mass is 9.50. The Kier molecular flexibility index (Phi) is 3.09. The molecule has 0 heterocycles. The zero-order chi connectivity index (χ0) is 15.3. The summed E-state index contributed by atoms with van der Waals surface area (Å²) in [5.41, 5.74) is 1.40. The Hall–Kier alpha value is -1.82. The third-order valence-corrected chi connectivity index (χ3v) is 5.72. The Morgan fingerprint density at radius 2 is 2.10 bits per heavy atom. The highest BCUT2D eigenvalue weighted by atomic mass is 16.5. The first-order valence-corrected chi connectivity index (χ1v) is 7.57. The number of fused-ring (bicyclic) bond motifs is 3. The molecular weight excluding hydrogens is 262 g/mol. The van der Waals surface area contributed by atoms with Gasteiger partial charge in [0.25, 0.3) is 0 Å². The molecule has 0 bridgehead atoms. The zero-order valence-electron chi connectivity index (χ0n) is 12.9. The van der Waals surface area contributed by atoms with Gasteiger partial charge in [-0.3, -0.25) is 4.79 Å². The Morgan fingerprint density at radius 1 is 1.33 bits per heavy atom. The molecule has 21 heavy (non-hydrogen) atoms. The minimum Gasteiger partial charge on any atom is -0.497 e. The number of nitrogens with zero attached hydrogens (tertiary/aromatic N) is 1. The third kappa shape index (κ3) is 1.89. The van der Waals surface area contributed by atoms with Crippen molar-refractivity contribution in [1.82, 2.24) is 0 Å². The largest absolute Gasteiger partial charge is 0.497 e. The van der Waals surface area contributed by atoms with E-state index in [1.54, 1.807) is 7.11 Å². The van der Waals surface area contributed by atoms with Crippen molar-refractivity contribution in [2.45, 2.75) is 44.9 Å². The summed E-state index contributed by atoms with van der Waals surface area (Å²) in [6.45, 7) is 4.25. The second-order valence-electron chi connectivity index (χ2n) is 6.89. The number of hydrogen-bond acceptors (Lipinski definition) is 3. The van der Waals surface area contributed by atoms with Gasteiger partial charge < -0.3 is 4.74 Å². The highest BCUT2D eigenvalue weighted by molar-refractivity contribution is 6.00. The van der Waals surface area contributed by atoms with Crippen molar-refractivity contribution in [3.8, 4) is 11.8 Å². The number of nitriles is 1. The van der Waals surface area contributed by atoms with Crippen LogP contribution in [0, 0.1) is 22.7 Å². The van der Waals surface area contributed by atoms with Gasteiger partial charge in [-0.2, -0.15) is 5.26 Å². The molecule has 0 N–H and O–H groups in total. The Bertz CT molecular complexity index is 645. The summed E-state index contributed by atoms with van der Waals surface area (Å²) in [6.07, 6.45) is 3.45. The van der Waals surface area contributed by atoms with Gasteiger partial charge in [-0.15, -0.1) is 0 Å². The van der Waals surface area contributed by atoms with Crippen LogP contribution in [0.5, 0.6) is 5.75 Å². The molecule has 0 saturated heterocycles. The Labute approximate surface area is 125 Å². The fraction of sp³-hybridized carbons (Fsp3) is 0.556. The van der Waals surface area contributed by atoms with Crippen LogP contribution in [-0.4, -0.2) is 12.9 Å². The van der Waals surface area contributed by atoms with Gasteiger partial charge in [0.15, 0.2) is 5.78 Å². The molecule has 3 heteroatoms. The Balaban J connectivity index is 2.17. The average Bonchev–Trinajstić information content (AvgIpc) is 2.49. The molecule has 0 radical (unpaired) electrons. The first-order valence-electron chi connectivity index (χ1n) is 7.57. The van der Waals surface area contributed by atoms with Crippen molar-refractivity contribution < 1.29 is 9.53 Å². The number of Topliss-reactive ketones (excluding diaryl/α,β-unsaturated/α-hetero) is 1. The van der Waals surface area contributed by atoms with E-state index < -0.39 is 5.41 Å². The van der Waals surface area contributed by atoms with E-state index in [2.05, 4.69) is 13.0 Å². The molecule has 3 atom stereocenters. The number of methoxy groups -OCH3 is 1. The molecule has 0 amide bonds. The van der Waals surface area contributed by atoms with Gasteiger partial charge in [0, 0.05) is 12.0 Å². The predicted octanol–water partition coefficient (Wildman–Crippen LogP) is 3.87. The summed E-state index contributed by atoms with van der Waals surface area (Å²) < 4.78 is 5.26. The van der Waals surface area contributed by atoms with Crippen molar-refractivity contribution in [1.29, 1.82) is 5.26 Å². The van der Waals surface area contributed by atoms with Gasteiger partial charge in [-0.25, -0.2) is 0 Å². The van der Waals surface area contributed by atoms with E-state index in [0.717, 1.165) is 36.1 Å². The summed E-state index contributed by atoms with van der Waals surface area (Å²) in [5, 5.41) is 9.64. The number of hydrogen-bond donors (Lipinski definition) is 0. The van der Waals surface area contributed by atoms with Crippen LogP contribution in [0.3, 0.4) is 0 Å². The summed E-state index contributed by atoms with van der Waals surface area (Å²) >= 11 is 0. The molecule has 1 fully saturated rings. The number of ketones is 1. The SMILES string of the molecule is COc1ccc2c(c1)C(=O)CC1C(C)(C#N)CCCC21C. The molecule has 3 rings (SSSR count). The van der Waals surface area contributed by atoms with E-state index >= 15 is 0 Å². The highest BCUT2D eigenvalue weighted by Gasteiger charge is 2.54. The first-order chi connectivity index (χ1) is 9.94. The standard InChI is InChI=1S/C18H21NO2/c1-17(11-19)7-4-8-18(2)14-6-5-12(21-3)9-13(14)15(20)10-16(17)18/h5-6,9,16H,4,7-8,10H2,1-3H3. The van der Waals surface area contributed by atoms with Gasteiger partial charge in [0.2, 0.25) is 0 Å². The van der Waals surface area contributed by atoms with E-state index in [1.807, 2.05) is 25.1 Å². The van der Waals surface area contributed by atoms with Crippen molar-refractivity contribution >= 4 is 5.78 Å². The van der Waals surface area contributed by atoms with Crippen LogP contribution in [0.4, 0.5) is 0 Å². The number of ether oxygens (including phenoxy) is 1. The van der Waals surface area contributed by atoms with E-state index in [-0.39, 0.29) is 17.1 Å². The second kappa shape index (κ2) is 4.59. The lowest BCUT2D eigenvalue weighted by Crippen LogP contribution is -2.49. The van der Waals surface area contributed by atoms with Crippen molar-refractivity contribution in [3.63, 3.8) is 0 Å². The van der Waals surface area contributed by atoms with Crippen LogP contribution in [0.1, 0.15) is 55.5 Å². The van der Waals surface area contributed by atoms with Gasteiger partial charge in [0.05, 0.1) is 18.6 Å². The van der Waals surface area contributed by atoms with Crippen LogP contribution < -0.4 is 4.74 Å². The quantitative estimate of drug-likeness (QED) is 0.786. The molecule has 2 aliphatic carbocycles. The van der Waals surface area contributed by atoms with E-state index in [4.69, 9.17) is 4.74 Å². The number of benzene rings is 1. The minimum absolute atomic E-state index is 0.0851. The molecule has 3 unspecified atom stereocenters. The fourth-order valence-electron chi connectivity index (χ4n) is 4.46. The number of carbonyl (C=O) groups excluding carboxylic acids is 1. The number of rotatable bonds is 1. The molecule has 110 valence electrons. The van der Waals surface area contributed by atoms with E-state index in [0.29, 0.717) is 6.42 Å². The van der Waals surface area contributed by atoms with Gasteiger partial charge in [-0.05, 0) is 48.8 Å². The predicted molar refractivity (Wildman–Crippen MR) is 80.4 cm³/mol. The molecule has 3 nitrogen and oxygen atoms in total. The maximum atomic E-state index is 12.6. The van der Waals surface area contributed by atoms with Crippen LogP contribution in [-0.2, 0) is 5.41 Å². The third-order valence-electron chi connectivity index (χ3n) is 5.72. The van der Waals surface area contributed by atoms with Crippen molar-refractivity contribution in [3.05, 3.63) is 29.3 Å². The minimum atomic E-state index is -0.403. The maximum Gasteiger partial charge on any atom is 0.163 e. The van der Waals surface area contributed by atoms with E-state index in [1.165, 1.54) is 0 Å². The molecule has 0 spiro atoms.